The minimum atomic E-state index is -0.588. The molecule has 2 aromatic rings. The van der Waals surface area contributed by atoms with Gasteiger partial charge < -0.3 is 4.42 Å². The van der Waals surface area contributed by atoms with Crippen molar-refractivity contribution in [2.75, 3.05) is 0 Å². The van der Waals surface area contributed by atoms with Gasteiger partial charge in [0.1, 0.15) is 5.52 Å². The zero-order chi connectivity index (χ0) is 12.4. The molecule has 0 spiro atoms. The standard InChI is InChI=1S/C13H15NO3/c1-3-4-8-11(15)14-12-9(2)6-5-7-10(12)17-13(14)16/h5-7H,3-4,8H2,1-2H3. The van der Waals surface area contributed by atoms with E-state index in [0.29, 0.717) is 17.5 Å². The Hall–Kier alpha value is -1.84. The summed E-state index contributed by atoms with van der Waals surface area (Å²) in [5.74, 6) is -0.777. The fraction of sp³-hybridized carbons (Fsp3) is 0.385. The first-order valence-electron chi connectivity index (χ1n) is 5.79. The van der Waals surface area contributed by atoms with Crippen molar-refractivity contribution < 1.29 is 9.21 Å². The van der Waals surface area contributed by atoms with Crippen molar-refractivity contribution in [1.82, 2.24) is 4.57 Å². The number of unbranched alkanes of at least 4 members (excludes halogenated alkanes) is 1. The van der Waals surface area contributed by atoms with Gasteiger partial charge in [-0.1, -0.05) is 25.5 Å². The second-order valence-electron chi connectivity index (χ2n) is 4.12. The molecule has 0 fully saturated rings. The van der Waals surface area contributed by atoms with E-state index < -0.39 is 5.76 Å². The second kappa shape index (κ2) is 4.57. The fourth-order valence-electron chi connectivity index (χ4n) is 1.90. The Kier molecular flexibility index (Phi) is 3.13. The molecule has 0 N–H and O–H groups in total. The molecule has 4 nitrogen and oxygen atoms in total. The number of aryl methyl sites for hydroxylation is 1. The predicted octanol–water partition coefficient (Wildman–Crippen LogP) is 2.73. The molecular weight excluding hydrogens is 218 g/mol. The summed E-state index contributed by atoms with van der Waals surface area (Å²) in [7, 11) is 0. The lowest BCUT2D eigenvalue weighted by Gasteiger charge is -2.01. The maximum absolute atomic E-state index is 12.0. The molecule has 0 bridgehead atoms. The van der Waals surface area contributed by atoms with E-state index in [4.69, 9.17) is 4.42 Å². The van der Waals surface area contributed by atoms with Crippen molar-refractivity contribution in [1.29, 1.82) is 0 Å². The van der Waals surface area contributed by atoms with Crippen LogP contribution in [0.3, 0.4) is 0 Å². The minimum absolute atomic E-state index is 0.190. The lowest BCUT2D eigenvalue weighted by molar-refractivity contribution is 0.0896. The number of nitrogens with zero attached hydrogens (tertiary/aromatic N) is 1. The van der Waals surface area contributed by atoms with Crippen LogP contribution in [0.5, 0.6) is 0 Å². The third kappa shape index (κ3) is 2.02. The van der Waals surface area contributed by atoms with Gasteiger partial charge in [-0.2, -0.15) is 0 Å². The van der Waals surface area contributed by atoms with Crippen LogP contribution in [0.1, 0.15) is 36.5 Å². The molecule has 1 aromatic carbocycles. The number of hydrogen-bond acceptors (Lipinski definition) is 3. The first-order chi connectivity index (χ1) is 8.15. The number of carbonyl (C=O) groups excluding carboxylic acids is 1. The van der Waals surface area contributed by atoms with Gasteiger partial charge >= 0.3 is 5.76 Å². The largest absolute Gasteiger partial charge is 0.426 e. The summed E-state index contributed by atoms with van der Waals surface area (Å²) in [5, 5.41) is 0. The molecule has 1 heterocycles. The topological polar surface area (TPSA) is 52.2 Å². The summed E-state index contributed by atoms with van der Waals surface area (Å²) < 4.78 is 6.22. The Morgan fingerprint density at radius 2 is 2.18 bits per heavy atom. The maximum Gasteiger partial charge on any atom is 0.426 e. The van der Waals surface area contributed by atoms with Crippen molar-refractivity contribution in [3.8, 4) is 0 Å². The first kappa shape index (κ1) is 11.6. The number of aromatic nitrogens is 1. The number of oxazole rings is 1. The molecular formula is C13H15NO3. The van der Waals surface area contributed by atoms with E-state index in [-0.39, 0.29) is 5.91 Å². The lowest BCUT2D eigenvalue weighted by atomic mass is 10.2. The molecule has 2 rings (SSSR count). The number of para-hydroxylation sites is 1. The summed E-state index contributed by atoms with van der Waals surface area (Å²) in [5.41, 5.74) is 1.94. The molecule has 90 valence electrons. The van der Waals surface area contributed by atoms with Gasteiger partial charge in [0.05, 0.1) is 0 Å². The van der Waals surface area contributed by atoms with Crippen LogP contribution in [-0.4, -0.2) is 10.5 Å². The van der Waals surface area contributed by atoms with Gasteiger partial charge in [-0.25, -0.2) is 9.36 Å². The van der Waals surface area contributed by atoms with Crippen molar-refractivity contribution >= 4 is 17.0 Å². The van der Waals surface area contributed by atoms with Crippen LogP contribution in [0.25, 0.3) is 11.1 Å². The van der Waals surface area contributed by atoms with Gasteiger partial charge in [0.2, 0.25) is 5.91 Å². The van der Waals surface area contributed by atoms with Gasteiger partial charge in [-0.15, -0.1) is 0 Å². The Labute approximate surface area is 98.8 Å². The Bertz CT molecular complexity index is 607. The number of benzene rings is 1. The SMILES string of the molecule is CCCCC(=O)n1c(=O)oc2cccc(C)c21. The number of carbonyl (C=O) groups is 1. The normalized spacial score (nSPS) is 10.9. The maximum atomic E-state index is 12.0. The van der Waals surface area contributed by atoms with Crippen LogP contribution in [-0.2, 0) is 0 Å². The molecule has 0 aliphatic carbocycles. The summed E-state index contributed by atoms with van der Waals surface area (Å²) >= 11 is 0. The highest BCUT2D eigenvalue weighted by Crippen LogP contribution is 2.17. The van der Waals surface area contributed by atoms with Gasteiger partial charge in [0.15, 0.2) is 5.58 Å². The Morgan fingerprint density at radius 3 is 2.88 bits per heavy atom. The summed E-state index contributed by atoms with van der Waals surface area (Å²) in [6.07, 6.45) is 2.08. The third-order valence-corrected chi connectivity index (χ3v) is 2.80. The quantitative estimate of drug-likeness (QED) is 0.819. The van der Waals surface area contributed by atoms with E-state index in [0.717, 1.165) is 23.0 Å². The summed E-state index contributed by atoms with van der Waals surface area (Å²) in [4.78, 5) is 23.6. The summed E-state index contributed by atoms with van der Waals surface area (Å²) in [6, 6.07) is 5.37. The van der Waals surface area contributed by atoms with Gasteiger partial charge in [-0.3, -0.25) is 4.79 Å². The highest BCUT2D eigenvalue weighted by molar-refractivity contribution is 5.90. The highest BCUT2D eigenvalue weighted by atomic mass is 16.4. The molecule has 17 heavy (non-hydrogen) atoms. The van der Waals surface area contributed by atoms with Gasteiger partial charge in [0.25, 0.3) is 0 Å². The third-order valence-electron chi connectivity index (χ3n) is 2.80. The van der Waals surface area contributed by atoms with Gasteiger partial charge in [0, 0.05) is 6.42 Å². The number of rotatable bonds is 3. The molecule has 0 saturated heterocycles. The smallest absolute Gasteiger partial charge is 0.407 e. The molecule has 0 radical (unpaired) electrons. The molecule has 0 saturated carbocycles. The molecule has 1 aromatic heterocycles. The average molecular weight is 233 g/mol. The van der Waals surface area contributed by atoms with Crippen LogP contribution in [0.2, 0.25) is 0 Å². The van der Waals surface area contributed by atoms with E-state index >= 15 is 0 Å². The molecule has 0 atom stereocenters. The van der Waals surface area contributed by atoms with Gasteiger partial charge in [-0.05, 0) is 25.0 Å². The zero-order valence-electron chi connectivity index (χ0n) is 10.0. The second-order valence-corrected chi connectivity index (χ2v) is 4.12. The summed E-state index contributed by atoms with van der Waals surface area (Å²) in [6.45, 7) is 3.87. The van der Waals surface area contributed by atoms with Crippen LogP contribution in [0, 0.1) is 6.92 Å². The van der Waals surface area contributed by atoms with Crippen LogP contribution < -0.4 is 5.76 Å². The van der Waals surface area contributed by atoms with E-state index in [1.54, 1.807) is 6.07 Å². The predicted molar refractivity (Wildman–Crippen MR) is 65.4 cm³/mol. The fourth-order valence-corrected chi connectivity index (χ4v) is 1.90. The molecule has 4 heteroatoms. The highest BCUT2D eigenvalue weighted by Gasteiger charge is 2.16. The van der Waals surface area contributed by atoms with Crippen molar-refractivity contribution in [2.24, 2.45) is 0 Å². The van der Waals surface area contributed by atoms with E-state index in [1.807, 2.05) is 26.0 Å². The molecule has 0 aliphatic rings. The van der Waals surface area contributed by atoms with Crippen molar-refractivity contribution in [2.45, 2.75) is 33.1 Å². The molecule has 0 amide bonds. The number of hydrogen-bond donors (Lipinski definition) is 0. The monoisotopic (exact) mass is 233 g/mol. The Morgan fingerprint density at radius 1 is 1.41 bits per heavy atom. The van der Waals surface area contributed by atoms with Crippen LogP contribution >= 0.6 is 0 Å². The lowest BCUT2D eigenvalue weighted by Crippen LogP contribution is -2.22. The average Bonchev–Trinajstić information content (AvgIpc) is 2.64. The Balaban J connectivity index is 2.56. The van der Waals surface area contributed by atoms with Crippen LogP contribution in [0.4, 0.5) is 0 Å². The van der Waals surface area contributed by atoms with Crippen LogP contribution in [0.15, 0.2) is 27.4 Å². The zero-order valence-corrected chi connectivity index (χ0v) is 10.0. The van der Waals surface area contributed by atoms with E-state index in [1.165, 1.54) is 0 Å². The minimum Gasteiger partial charge on any atom is -0.407 e. The van der Waals surface area contributed by atoms with E-state index in [9.17, 15) is 9.59 Å². The molecule has 0 unspecified atom stereocenters. The first-order valence-corrected chi connectivity index (χ1v) is 5.79. The van der Waals surface area contributed by atoms with Crippen molar-refractivity contribution in [3.63, 3.8) is 0 Å². The van der Waals surface area contributed by atoms with E-state index in [2.05, 4.69) is 0 Å². The number of fused-ring (bicyclic) bond motifs is 1. The van der Waals surface area contributed by atoms with Crippen molar-refractivity contribution in [3.05, 3.63) is 34.3 Å². The molecule has 0 aliphatic heterocycles.